The van der Waals surface area contributed by atoms with Gasteiger partial charge in [0.15, 0.2) is 0 Å². The number of thioether (sulfide) groups is 1. The maximum absolute atomic E-state index is 12.4. The second kappa shape index (κ2) is 3.72. The van der Waals surface area contributed by atoms with Crippen LogP contribution < -0.4 is 0 Å². The van der Waals surface area contributed by atoms with E-state index >= 15 is 0 Å². The molecule has 0 aromatic rings. The first kappa shape index (κ1) is 9.26. The molecule has 1 saturated heterocycles. The first-order valence-electron chi connectivity index (χ1n) is 3.68. The fourth-order valence-electron chi connectivity index (χ4n) is 1.22. The zero-order valence-corrected chi connectivity index (χ0v) is 7.04. The molecule has 0 aliphatic carbocycles. The Kier molecular flexibility index (Phi) is 3.13. The van der Waals surface area contributed by atoms with E-state index in [1.165, 1.54) is 0 Å². The van der Waals surface area contributed by atoms with E-state index in [1.807, 2.05) is 0 Å². The summed E-state index contributed by atoms with van der Waals surface area (Å²) < 4.78 is 24.8. The lowest BCUT2D eigenvalue weighted by Crippen LogP contribution is -2.37. The van der Waals surface area contributed by atoms with Crippen molar-refractivity contribution in [3.8, 4) is 0 Å². The second-order valence-electron chi connectivity index (χ2n) is 2.93. The fraction of sp³-hybridized carbons (Fsp3) is 1.00. The molecule has 1 nitrogen and oxygen atoms in total. The van der Waals surface area contributed by atoms with Crippen LogP contribution in [0.1, 0.15) is 12.8 Å². The number of aliphatic hydroxyl groups excluding tert-OH is 1. The quantitative estimate of drug-likeness (QED) is 0.702. The van der Waals surface area contributed by atoms with Gasteiger partial charge in [0, 0.05) is 0 Å². The molecule has 0 atom stereocenters. The SMILES string of the molecule is OCC1(C(F)F)CCSCC1. The molecule has 0 unspecified atom stereocenters. The van der Waals surface area contributed by atoms with Crippen LogP contribution in [-0.4, -0.2) is 29.6 Å². The van der Waals surface area contributed by atoms with Crippen LogP contribution >= 0.6 is 11.8 Å². The zero-order valence-electron chi connectivity index (χ0n) is 6.22. The number of alkyl halides is 2. The average molecular weight is 182 g/mol. The molecule has 0 amide bonds. The van der Waals surface area contributed by atoms with Gasteiger partial charge in [-0.15, -0.1) is 0 Å². The van der Waals surface area contributed by atoms with Crippen LogP contribution in [0.2, 0.25) is 0 Å². The molecule has 1 fully saturated rings. The molecule has 0 saturated carbocycles. The van der Waals surface area contributed by atoms with Crippen LogP contribution in [0, 0.1) is 5.41 Å². The highest BCUT2D eigenvalue weighted by molar-refractivity contribution is 7.99. The van der Waals surface area contributed by atoms with Crippen LogP contribution in [0.25, 0.3) is 0 Å². The summed E-state index contributed by atoms with van der Waals surface area (Å²) in [4.78, 5) is 0. The van der Waals surface area contributed by atoms with Gasteiger partial charge in [-0.25, -0.2) is 8.78 Å². The van der Waals surface area contributed by atoms with Crippen LogP contribution in [0.4, 0.5) is 8.78 Å². The Morgan fingerprint density at radius 1 is 1.36 bits per heavy atom. The molecule has 66 valence electrons. The molecule has 1 aliphatic rings. The lowest BCUT2D eigenvalue weighted by molar-refractivity contribution is -0.0476. The van der Waals surface area contributed by atoms with Crippen molar-refractivity contribution in [3.05, 3.63) is 0 Å². The Morgan fingerprint density at radius 3 is 2.18 bits per heavy atom. The third-order valence-electron chi connectivity index (χ3n) is 2.27. The summed E-state index contributed by atoms with van der Waals surface area (Å²) in [6.45, 7) is -0.370. The normalized spacial score (nSPS) is 24.0. The van der Waals surface area contributed by atoms with Crippen LogP contribution in [0.15, 0.2) is 0 Å². The third-order valence-corrected chi connectivity index (χ3v) is 3.25. The fourth-order valence-corrected chi connectivity index (χ4v) is 2.53. The van der Waals surface area contributed by atoms with E-state index in [2.05, 4.69) is 0 Å². The van der Waals surface area contributed by atoms with Crippen molar-refractivity contribution in [2.24, 2.45) is 5.41 Å². The second-order valence-corrected chi connectivity index (χ2v) is 4.16. The third kappa shape index (κ3) is 1.85. The Balaban J connectivity index is 2.57. The van der Waals surface area contributed by atoms with E-state index in [0.29, 0.717) is 12.8 Å². The summed E-state index contributed by atoms with van der Waals surface area (Å²) in [6.07, 6.45) is -1.47. The number of aliphatic hydroxyl groups is 1. The first-order chi connectivity index (χ1) is 5.21. The minimum Gasteiger partial charge on any atom is -0.396 e. The molecule has 0 spiro atoms. The van der Waals surface area contributed by atoms with Crippen LogP contribution in [0.5, 0.6) is 0 Å². The van der Waals surface area contributed by atoms with Gasteiger partial charge in [-0.2, -0.15) is 11.8 Å². The lowest BCUT2D eigenvalue weighted by atomic mass is 9.83. The maximum atomic E-state index is 12.4. The standard InChI is InChI=1S/C7H12F2OS/c8-6(9)7(5-10)1-3-11-4-2-7/h6,10H,1-5H2. The Bertz CT molecular complexity index is 124. The zero-order chi connectivity index (χ0) is 8.32. The first-order valence-corrected chi connectivity index (χ1v) is 4.83. The van der Waals surface area contributed by atoms with Crippen molar-refractivity contribution >= 4 is 11.8 Å². The molecule has 1 N–H and O–H groups in total. The van der Waals surface area contributed by atoms with Crippen molar-refractivity contribution in [2.75, 3.05) is 18.1 Å². The minimum atomic E-state index is -2.37. The minimum absolute atomic E-state index is 0.370. The van der Waals surface area contributed by atoms with Gasteiger partial charge in [-0.1, -0.05) is 0 Å². The van der Waals surface area contributed by atoms with E-state index in [4.69, 9.17) is 5.11 Å². The van der Waals surface area contributed by atoms with E-state index in [-0.39, 0.29) is 6.61 Å². The molecule has 0 aromatic carbocycles. The number of hydrogen-bond donors (Lipinski definition) is 1. The molecular weight excluding hydrogens is 170 g/mol. The molecule has 1 rings (SSSR count). The molecule has 0 aromatic heterocycles. The Labute approximate surface area is 69.2 Å². The largest absolute Gasteiger partial charge is 0.396 e. The molecule has 4 heteroatoms. The van der Waals surface area contributed by atoms with Crippen molar-refractivity contribution in [2.45, 2.75) is 19.3 Å². The average Bonchev–Trinajstić information content (AvgIpc) is 2.05. The van der Waals surface area contributed by atoms with Gasteiger partial charge in [-0.05, 0) is 24.3 Å². The van der Waals surface area contributed by atoms with Gasteiger partial charge in [0.1, 0.15) is 0 Å². The van der Waals surface area contributed by atoms with Gasteiger partial charge in [-0.3, -0.25) is 0 Å². The highest BCUT2D eigenvalue weighted by Gasteiger charge is 2.40. The molecule has 1 heterocycles. The highest BCUT2D eigenvalue weighted by atomic mass is 32.2. The van der Waals surface area contributed by atoms with Crippen molar-refractivity contribution < 1.29 is 13.9 Å². The molecule has 11 heavy (non-hydrogen) atoms. The Morgan fingerprint density at radius 2 is 1.91 bits per heavy atom. The lowest BCUT2D eigenvalue weighted by Gasteiger charge is -2.34. The predicted octanol–water partition coefficient (Wildman–Crippen LogP) is 1.76. The van der Waals surface area contributed by atoms with Gasteiger partial charge in [0.25, 0.3) is 0 Å². The van der Waals surface area contributed by atoms with E-state index in [9.17, 15) is 8.78 Å². The Hall–Kier alpha value is 0.170. The highest BCUT2D eigenvalue weighted by Crippen LogP contribution is 2.39. The van der Waals surface area contributed by atoms with E-state index in [1.54, 1.807) is 11.8 Å². The smallest absolute Gasteiger partial charge is 0.246 e. The molecular formula is C7H12F2OS. The number of rotatable bonds is 2. The van der Waals surface area contributed by atoms with Gasteiger partial charge >= 0.3 is 0 Å². The summed E-state index contributed by atoms with van der Waals surface area (Å²) in [5, 5.41) is 8.82. The van der Waals surface area contributed by atoms with Crippen molar-refractivity contribution in [3.63, 3.8) is 0 Å². The number of halogens is 2. The van der Waals surface area contributed by atoms with E-state index in [0.717, 1.165) is 11.5 Å². The molecule has 1 aliphatic heterocycles. The molecule has 0 bridgehead atoms. The summed E-state index contributed by atoms with van der Waals surface area (Å²) >= 11 is 1.69. The van der Waals surface area contributed by atoms with Gasteiger partial charge < -0.3 is 5.11 Å². The van der Waals surface area contributed by atoms with E-state index < -0.39 is 11.8 Å². The summed E-state index contributed by atoms with van der Waals surface area (Å²) in [5.74, 6) is 1.51. The van der Waals surface area contributed by atoms with Crippen LogP contribution in [-0.2, 0) is 0 Å². The summed E-state index contributed by atoms with van der Waals surface area (Å²) in [6, 6.07) is 0. The number of hydrogen-bond acceptors (Lipinski definition) is 2. The summed E-state index contributed by atoms with van der Waals surface area (Å²) in [5.41, 5.74) is -1.08. The van der Waals surface area contributed by atoms with Gasteiger partial charge in [0.2, 0.25) is 6.43 Å². The van der Waals surface area contributed by atoms with Gasteiger partial charge in [0.05, 0.1) is 12.0 Å². The topological polar surface area (TPSA) is 20.2 Å². The monoisotopic (exact) mass is 182 g/mol. The van der Waals surface area contributed by atoms with Crippen LogP contribution in [0.3, 0.4) is 0 Å². The van der Waals surface area contributed by atoms with Crippen molar-refractivity contribution in [1.82, 2.24) is 0 Å². The van der Waals surface area contributed by atoms with Crippen molar-refractivity contribution in [1.29, 1.82) is 0 Å². The molecule has 0 radical (unpaired) electrons. The predicted molar refractivity (Wildman–Crippen MR) is 42.1 cm³/mol. The maximum Gasteiger partial charge on any atom is 0.246 e. The summed E-state index contributed by atoms with van der Waals surface area (Å²) in [7, 11) is 0.